The summed E-state index contributed by atoms with van der Waals surface area (Å²) in [6.07, 6.45) is 4.82. The Morgan fingerprint density at radius 3 is 2.72 bits per heavy atom. The van der Waals surface area contributed by atoms with Crippen molar-refractivity contribution in [3.63, 3.8) is 0 Å². The van der Waals surface area contributed by atoms with E-state index in [0.717, 1.165) is 37.7 Å². The van der Waals surface area contributed by atoms with Crippen molar-refractivity contribution in [2.75, 3.05) is 38.1 Å². The van der Waals surface area contributed by atoms with Crippen LogP contribution < -0.4 is 4.90 Å². The molecule has 0 bridgehead atoms. The predicted octanol–water partition coefficient (Wildman–Crippen LogP) is 0.883. The Bertz CT molecular complexity index is 505. The first-order valence-electron chi connectivity index (χ1n) is 5.98. The minimum atomic E-state index is 0.660. The van der Waals surface area contributed by atoms with Gasteiger partial charge in [-0.2, -0.15) is 4.98 Å². The molecule has 18 heavy (non-hydrogen) atoms. The molecule has 2 aromatic rings. The Morgan fingerprint density at radius 2 is 2.00 bits per heavy atom. The van der Waals surface area contributed by atoms with Crippen LogP contribution in [-0.2, 0) is 0 Å². The number of furan rings is 1. The van der Waals surface area contributed by atoms with Gasteiger partial charge in [0.15, 0.2) is 5.82 Å². The highest BCUT2D eigenvalue weighted by Crippen LogP contribution is 2.17. The SMILES string of the molecule is CN1CCN(c2ncnc(-c3ccoc3)n2)CC1. The van der Waals surface area contributed by atoms with Crippen LogP contribution in [0.1, 0.15) is 0 Å². The van der Waals surface area contributed by atoms with Crippen molar-refractivity contribution in [1.29, 1.82) is 0 Å². The summed E-state index contributed by atoms with van der Waals surface area (Å²) in [7, 11) is 2.13. The van der Waals surface area contributed by atoms with Crippen LogP contribution >= 0.6 is 0 Å². The van der Waals surface area contributed by atoms with E-state index in [2.05, 4.69) is 31.8 Å². The molecule has 1 fully saturated rings. The second-order valence-corrected chi connectivity index (χ2v) is 4.41. The van der Waals surface area contributed by atoms with Crippen molar-refractivity contribution in [1.82, 2.24) is 19.9 Å². The van der Waals surface area contributed by atoms with E-state index in [9.17, 15) is 0 Å². The molecular weight excluding hydrogens is 230 g/mol. The van der Waals surface area contributed by atoms with Gasteiger partial charge >= 0.3 is 0 Å². The second-order valence-electron chi connectivity index (χ2n) is 4.41. The highest BCUT2D eigenvalue weighted by atomic mass is 16.3. The van der Waals surface area contributed by atoms with E-state index in [1.165, 1.54) is 0 Å². The molecule has 0 atom stereocenters. The summed E-state index contributed by atoms with van der Waals surface area (Å²) in [5.41, 5.74) is 0.882. The first-order valence-corrected chi connectivity index (χ1v) is 5.98. The lowest BCUT2D eigenvalue weighted by molar-refractivity contribution is 0.311. The zero-order valence-corrected chi connectivity index (χ0v) is 10.3. The zero-order valence-electron chi connectivity index (χ0n) is 10.3. The lowest BCUT2D eigenvalue weighted by Gasteiger charge is -2.32. The van der Waals surface area contributed by atoms with Crippen LogP contribution in [0.4, 0.5) is 5.95 Å². The van der Waals surface area contributed by atoms with Gasteiger partial charge in [0, 0.05) is 26.2 Å². The van der Waals surface area contributed by atoms with E-state index < -0.39 is 0 Å². The Labute approximate surface area is 105 Å². The molecule has 0 radical (unpaired) electrons. The van der Waals surface area contributed by atoms with Crippen LogP contribution in [0.5, 0.6) is 0 Å². The number of rotatable bonds is 2. The van der Waals surface area contributed by atoms with Gasteiger partial charge in [0.2, 0.25) is 5.95 Å². The second kappa shape index (κ2) is 4.73. The topological polar surface area (TPSA) is 58.3 Å². The molecule has 3 rings (SSSR count). The van der Waals surface area contributed by atoms with Gasteiger partial charge in [-0.1, -0.05) is 0 Å². The van der Waals surface area contributed by atoms with Crippen LogP contribution in [0.25, 0.3) is 11.4 Å². The first-order chi connectivity index (χ1) is 8.83. The number of aromatic nitrogens is 3. The van der Waals surface area contributed by atoms with Crippen molar-refractivity contribution in [3.8, 4) is 11.4 Å². The number of nitrogens with zero attached hydrogens (tertiary/aromatic N) is 5. The van der Waals surface area contributed by atoms with Crippen LogP contribution in [0.15, 0.2) is 29.3 Å². The number of anilines is 1. The van der Waals surface area contributed by atoms with Gasteiger partial charge in [0.05, 0.1) is 11.8 Å². The van der Waals surface area contributed by atoms with Gasteiger partial charge in [-0.3, -0.25) is 0 Å². The minimum Gasteiger partial charge on any atom is -0.472 e. The molecule has 2 aromatic heterocycles. The predicted molar refractivity (Wildman–Crippen MR) is 67.2 cm³/mol. The zero-order chi connectivity index (χ0) is 12.4. The van der Waals surface area contributed by atoms with Crippen LogP contribution in [0, 0.1) is 0 Å². The minimum absolute atomic E-state index is 0.660. The van der Waals surface area contributed by atoms with Gasteiger partial charge in [0.1, 0.15) is 12.6 Å². The molecular formula is C12H15N5O. The van der Waals surface area contributed by atoms with E-state index in [4.69, 9.17) is 4.42 Å². The van der Waals surface area contributed by atoms with Gasteiger partial charge in [-0.15, -0.1) is 0 Å². The van der Waals surface area contributed by atoms with E-state index in [-0.39, 0.29) is 0 Å². The smallest absolute Gasteiger partial charge is 0.228 e. The lowest BCUT2D eigenvalue weighted by atomic mass is 10.3. The fourth-order valence-electron chi connectivity index (χ4n) is 1.98. The highest BCUT2D eigenvalue weighted by molar-refractivity contribution is 5.53. The molecule has 1 aliphatic rings. The average molecular weight is 245 g/mol. The summed E-state index contributed by atoms with van der Waals surface area (Å²) in [6, 6.07) is 1.85. The van der Waals surface area contributed by atoms with Gasteiger partial charge < -0.3 is 14.2 Å². The van der Waals surface area contributed by atoms with Crippen molar-refractivity contribution in [3.05, 3.63) is 24.9 Å². The average Bonchev–Trinajstić information content (AvgIpc) is 2.94. The Kier molecular flexibility index (Phi) is 2.93. The van der Waals surface area contributed by atoms with Crippen LogP contribution in [0.3, 0.4) is 0 Å². The monoisotopic (exact) mass is 245 g/mol. The Hall–Kier alpha value is -1.95. The molecule has 94 valence electrons. The molecule has 0 amide bonds. The third kappa shape index (κ3) is 2.19. The summed E-state index contributed by atoms with van der Waals surface area (Å²) < 4.78 is 5.05. The number of piperazine rings is 1. The molecule has 0 saturated carbocycles. The molecule has 6 heteroatoms. The standard InChI is InChI=1S/C12H15N5O/c1-16-3-5-17(6-4-16)12-14-9-13-11(15-12)10-2-7-18-8-10/h2,7-9H,3-6H2,1H3. The number of hydrogen-bond donors (Lipinski definition) is 0. The maximum absolute atomic E-state index is 5.05. The highest BCUT2D eigenvalue weighted by Gasteiger charge is 2.17. The third-order valence-electron chi connectivity index (χ3n) is 3.12. The lowest BCUT2D eigenvalue weighted by Crippen LogP contribution is -2.45. The van der Waals surface area contributed by atoms with Crippen molar-refractivity contribution in [2.45, 2.75) is 0 Å². The summed E-state index contributed by atoms with van der Waals surface area (Å²) in [6.45, 7) is 3.97. The van der Waals surface area contributed by atoms with Crippen molar-refractivity contribution in [2.24, 2.45) is 0 Å². The summed E-state index contributed by atoms with van der Waals surface area (Å²) in [5.74, 6) is 1.40. The fourth-order valence-corrected chi connectivity index (χ4v) is 1.98. The Balaban J connectivity index is 1.83. The third-order valence-corrected chi connectivity index (χ3v) is 3.12. The van der Waals surface area contributed by atoms with Gasteiger partial charge in [0.25, 0.3) is 0 Å². The summed E-state index contributed by atoms with van der Waals surface area (Å²) >= 11 is 0. The molecule has 3 heterocycles. The number of hydrogen-bond acceptors (Lipinski definition) is 6. The maximum atomic E-state index is 5.05. The van der Waals surface area contributed by atoms with E-state index in [0.29, 0.717) is 5.82 Å². The molecule has 0 aromatic carbocycles. The Morgan fingerprint density at radius 1 is 1.17 bits per heavy atom. The van der Waals surface area contributed by atoms with Crippen molar-refractivity contribution >= 4 is 5.95 Å². The van der Waals surface area contributed by atoms with Crippen LogP contribution in [0.2, 0.25) is 0 Å². The summed E-state index contributed by atoms with van der Waals surface area (Å²) in [5, 5.41) is 0. The van der Waals surface area contributed by atoms with Gasteiger partial charge in [-0.25, -0.2) is 9.97 Å². The molecule has 0 aliphatic carbocycles. The first kappa shape index (κ1) is 11.2. The van der Waals surface area contributed by atoms with E-state index in [1.807, 2.05) is 6.07 Å². The number of likely N-dealkylation sites (N-methyl/N-ethyl adjacent to an activating group) is 1. The maximum Gasteiger partial charge on any atom is 0.228 e. The summed E-state index contributed by atoms with van der Waals surface area (Å²) in [4.78, 5) is 17.4. The molecule has 1 aliphatic heterocycles. The van der Waals surface area contributed by atoms with E-state index in [1.54, 1.807) is 18.9 Å². The van der Waals surface area contributed by atoms with Gasteiger partial charge in [-0.05, 0) is 13.1 Å². The largest absolute Gasteiger partial charge is 0.472 e. The normalized spacial score (nSPS) is 17.1. The molecule has 0 spiro atoms. The van der Waals surface area contributed by atoms with Crippen molar-refractivity contribution < 1.29 is 4.42 Å². The quantitative estimate of drug-likeness (QED) is 0.783. The van der Waals surface area contributed by atoms with Crippen LogP contribution in [-0.4, -0.2) is 53.1 Å². The molecule has 6 nitrogen and oxygen atoms in total. The molecule has 1 saturated heterocycles. The fraction of sp³-hybridized carbons (Fsp3) is 0.417. The van der Waals surface area contributed by atoms with E-state index >= 15 is 0 Å². The molecule has 0 N–H and O–H groups in total. The molecule has 0 unspecified atom stereocenters.